The van der Waals surface area contributed by atoms with Crippen molar-refractivity contribution in [3.05, 3.63) is 0 Å². The highest BCUT2D eigenvalue weighted by atomic mass is 16.3. The van der Waals surface area contributed by atoms with Crippen LogP contribution in [0.4, 0.5) is 0 Å². The average Bonchev–Trinajstić information content (AvgIpc) is 2.37. The summed E-state index contributed by atoms with van der Waals surface area (Å²) in [5.74, 6) is 0.893. The first kappa shape index (κ1) is 17.9. The number of nitrogens with zero attached hydrogens (tertiary/aromatic N) is 1. The van der Waals surface area contributed by atoms with Crippen molar-refractivity contribution in [2.75, 3.05) is 26.7 Å². The summed E-state index contributed by atoms with van der Waals surface area (Å²) in [7, 11) is 2.21. The highest BCUT2D eigenvalue weighted by molar-refractivity contribution is 4.89. The summed E-state index contributed by atoms with van der Waals surface area (Å²) in [6, 6.07) is 0.564. The third-order valence-electron chi connectivity index (χ3n) is 4.75. The van der Waals surface area contributed by atoms with E-state index in [0.29, 0.717) is 11.5 Å². The molecule has 0 bridgehead atoms. The fraction of sp³-hybridized carbons (Fsp3) is 1.00. The predicted octanol–water partition coefficient (Wildman–Crippen LogP) is 2.88. The summed E-state index contributed by atoms with van der Waals surface area (Å²) in [5.41, 5.74) is 0.435. The molecule has 1 fully saturated rings. The second-order valence-electron chi connectivity index (χ2n) is 7.59. The van der Waals surface area contributed by atoms with E-state index >= 15 is 0 Å². The molecule has 1 saturated carbocycles. The van der Waals surface area contributed by atoms with E-state index in [2.05, 4.69) is 38.0 Å². The maximum Gasteiger partial charge on any atom is 0.0524 e. The minimum Gasteiger partial charge on any atom is -0.393 e. The molecular weight excluding hydrogens is 248 g/mol. The minimum atomic E-state index is -0.187. The molecule has 0 heterocycles. The van der Waals surface area contributed by atoms with Crippen LogP contribution in [0.25, 0.3) is 0 Å². The van der Waals surface area contributed by atoms with Crippen LogP contribution < -0.4 is 5.32 Å². The van der Waals surface area contributed by atoms with E-state index in [-0.39, 0.29) is 6.10 Å². The number of hydrogen-bond acceptors (Lipinski definition) is 3. The standard InChI is InChI=1S/C17H36N2O/c1-14(2)18-12-17(9-6-15(3)7-10-17)13-19(5)11-8-16(4)20/h14-16,18,20H,6-13H2,1-5H3. The first-order chi connectivity index (χ1) is 9.33. The van der Waals surface area contributed by atoms with Gasteiger partial charge in [0.25, 0.3) is 0 Å². The van der Waals surface area contributed by atoms with Gasteiger partial charge in [-0.1, -0.05) is 33.6 Å². The Labute approximate surface area is 126 Å². The van der Waals surface area contributed by atoms with Gasteiger partial charge in [0.1, 0.15) is 0 Å². The number of rotatable bonds is 8. The smallest absolute Gasteiger partial charge is 0.0524 e. The first-order valence-electron chi connectivity index (χ1n) is 8.43. The lowest BCUT2D eigenvalue weighted by atomic mass is 9.70. The molecule has 1 aliphatic carbocycles. The van der Waals surface area contributed by atoms with E-state index in [0.717, 1.165) is 32.0 Å². The van der Waals surface area contributed by atoms with Crippen molar-refractivity contribution < 1.29 is 5.11 Å². The van der Waals surface area contributed by atoms with E-state index in [1.54, 1.807) is 0 Å². The van der Waals surface area contributed by atoms with Crippen molar-refractivity contribution in [2.45, 2.75) is 71.9 Å². The molecule has 0 aliphatic heterocycles. The molecular formula is C17H36N2O. The third-order valence-corrected chi connectivity index (χ3v) is 4.75. The SMILES string of the molecule is CC(O)CCN(C)CC1(CNC(C)C)CCC(C)CC1. The van der Waals surface area contributed by atoms with Gasteiger partial charge in [0.15, 0.2) is 0 Å². The Hall–Kier alpha value is -0.120. The van der Waals surface area contributed by atoms with Crippen molar-refractivity contribution in [1.29, 1.82) is 0 Å². The highest BCUT2D eigenvalue weighted by Gasteiger charge is 2.35. The van der Waals surface area contributed by atoms with Crippen LogP contribution in [0, 0.1) is 11.3 Å². The molecule has 3 heteroatoms. The van der Waals surface area contributed by atoms with Gasteiger partial charge in [0.2, 0.25) is 0 Å². The Bertz CT molecular complexity index is 258. The molecule has 1 atom stereocenters. The molecule has 0 aromatic heterocycles. The topological polar surface area (TPSA) is 35.5 Å². The normalized spacial score (nSPS) is 29.1. The lowest BCUT2D eigenvalue weighted by Gasteiger charge is -2.42. The second kappa shape index (κ2) is 8.35. The van der Waals surface area contributed by atoms with Gasteiger partial charge in [-0.15, -0.1) is 0 Å². The lowest BCUT2D eigenvalue weighted by molar-refractivity contribution is 0.0867. The lowest BCUT2D eigenvalue weighted by Crippen LogP contribution is -2.47. The molecule has 1 rings (SSSR count). The number of hydrogen-bond donors (Lipinski definition) is 2. The van der Waals surface area contributed by atoms with Gasteiger partial charge in [-0.25, -0.2) is 0 Å². The van der Waals surface area contributed by atoms with E-state index in [1.807, 2.05) is 6.92 Å². The van der Waals surface area contributed by atoms with Crippen LogP contribution >= 0.6 is 0 Å². The average molecular weight is 284 g/mol. The predicted molar refractivity (Wildman–Crippen MR) is 87.0 cm³/mol. The molecule has 0 spiro atoms. The molecule has 120 valence electrons. The molecule has 3 nitrogen and oxygen atoms in total. The maximum atomic E-state index is 9.44. The molecule has 0 saturated heterocycles. The minimum absolute atomic E-state index is 0.187. The Morgan fingerprint density at radius 2 is 1.85 bits per heavy atom. The first-order valence-corrected chi connectivity index (χ1v) is 8.43. The van der Waals surface area contributed by atoms with Gasteiger partial charge in [-0.05, 0) is 44.6 Å². The molecule has 1 unspecified atom stereocenters. The molecule has 0 aromatic carbocycles. The van der Waals surface area contributed by atoms with Crippen LogP contribution in [0.15, 0.2) is 0 Å². The number of aliphatic hydroxyl groups excluding tert-OH is 1. The Morgan fingerprint density at radius 3 is 2.35 bits per heavy atom. The summed E-state index contributed by atoms with van der Waals surface area (Å²) >= 11 is 0. The van der Waals surface area contributed by atoms with Crippen LogP contribution in [-0.4, -0.2) is 48.8 Å². The zero-order chi connectivity index (χ0) is 15.2. The van der Waals surface area contributed by atoms with Crippen molar-refractivity contribution >= 4 is 0 Å². The molecule has 0 amide bonds. The van der Waals surface area contributed by atoms with Crippen molar-refractivity contribution in [1.82, 2.24) is 10.2 Å². The van der Waals surface area contributed by atoms with Gasteiger partial charge in [0.05, 0.1) is 6.10 Å². The summed E-state index contributed by atoms with van der Waals surface area (Å²) in [5, 5.41) is 13.1. The highest BCUT2D eigenvalue weighted by Crippen LogP contribution is 2.39. The zero-order valence-electron chi connectivity index (χ0n) is 14.3. The van der Waals surface area contributed by atoms with Gasteiger partial charge >= 0.3 is 0 Å². The molecule has 0 aromatic rings. The van der Waals surface area contributed by atoms with Crippen molar-refractivity contribution in [3.8, 4) is 0 Å². The molecule has 1 aliphatic rings. The van der Waals surface area contributed by atoms with Crippen LogP contribution in [0.1, 0.15) is 59.8 Å². The number of aliphatic hydroxyl groups is 1. The largest absolute Gasteiger partial charge is 0.393 e. The summed E-state index contributed by atoms with van der Waals surface area (Å²) in [6.07, 6.45) is 6.10. The Balaban J connectivity index is 2.53. The van der Waals surface area contributed by atoms with E-state index < -0.39 is 0 Å². The van der Waals surface area contributed by atoms with Crippen LogP contribution in [0.3, 0.4) is 0 Å². The van der Waals surface area contributed by atoms with Gasteiger partial charge < -0.3 is 15.3 Å². The fourth-order valence-electron chi connectivity index (χ4n) is 3.24. The van der Waals surface area contributed by atoms with Crippen LogP contribution in [0.2, 0.25) is 0 Å². The second-order valence-corrected chi connectivity index (χ2v) is 7.59. The van der Waals surface area contributed by atoms with Gasteiger partial charge in [-0.3, -0.25) is 0 Å². The third kappa shape index (κ3) is 6.55. The fourth-order valence-corrected chi connectivity index (χ4v) is 3.24. The van der Waals surface area contributed by atoms with E-state index in [1.165, 1.54) is 25.7 Å². The van der Waals surface area contributed by atoms with Crippen molar-refractivity contribution in [3.63, 3.8) is 0 Å². The van der Waals surface area contributed by atoms with Crippen LogP contribution in [-0.2, 0) is 0 Å². The molecule has 20 heavy (non-hydrogen) atoms. The Kier molecular flexibility index (Phi) is 7.49. The van der Waals surface area contributed by atoms with E-state index in [4.69, 9.17) is 0 Å². The monoisotopic (exact) mass is 284 g/mol. The molecule has 0 radical (unpaired) electrons. The van der Waals surface area contributed by atoms with Gasteiger partial charge in [0, 0.05) is 25.7 Å². The quantitative estimate of drug-likeness (QED) is 0.719. The maximum absolute atomic E-state index is 9.44. The zero-order valence-corrected chi connectivity index (χ0v) is 14.3. The summed E-state index contributed by atoms with van der Waals surface area (Å²) in [6.45, 7) is 12.0. The number of nitrogens with one attached hydrogen (secondary N) is 1. The molecule has 2 N–H and O–H groups in total. The van der Waals surface area contributed by atoms with E-state index in [9.17, 15) is 5.11 Å². The summed E-state index contributed by atoms with van der Waals surface area (Å²) < 4.78 is 0. The van der Waals surface area contributed by atoms with Gasteiger partial charge in [-0.2, -0.15) is 0 Å². The Morgan fingerprint density at radius 1 is 1.25 bits per heavy atom. The van der Waals surface area contributed by atoms with Crippen LogP contribution in [0.5, 0.6) is 0 Å². The van der Waals surface area contributed by atoms with Crippen molar-refractivity contribution in [2.24, 2.45) is 11.3 Å². The summed E-state index contributed by atoms with van der Waals surface area (Å²) in [4.78, 5) is 2.42.